The summed E-state index contributed by atoms with van der Waals surface area (Å²) in [7, 11) is 0. The number of amides is 1. The Kier molecular flexibility index (Phi) is 10.0. The Morgan fingerprint density at radius 2 is 1.85 bits per heavy atom. The number of hydrogen-bond acceptors (Lipinski definition) is 2. The van der Waals surface area contributed by atoms with E-state index in [0.29, 0.717) is 13.2 Å². The van der Waals surface area contributed by atoms with Gasteiger partial charge in [0.1, 0.15) is 5.75 Å². The topological polar surface area (TPSA) is 38.3 Å². The van der Waals surface area contributed by atoms with Gasteiger partial charge in [0.15, 0.2) is 0 Å². The molecular weight excluding hydrogens is 334 g/mol. The van der Waals surface area contributed by atoms with Gasteiger partial charge in [0, 0.05) is 6.54 Å². The van der Waals surface area contributed by atoms with E-state index in [9.17, 15) is 4.79 Å². The van der Waals surface area contributed by atoms with E-state index in [-0.39, 0.29) is 5.91 Å². The minimum Gasteiger partial charge on any atom is -0.494 e. The number of carbonyl (C=O) groups excluding carboxylic acids is 1. The van der Waals surface area contributed by atoms with Crippen LogP contribution in [0.4, 0.5) is 0 Å². The lowest BCUT2D eigenvalue weighted by molar-refractivity contribution is -0.116. The Morgan fingerprint density at radius 3 is 2.52 bits per heavy atom. The van der Waals surface area contributed by atoms with E-state index in [1.165, 1.54) is 63.0 Å². The quantitative estimate of drug-likeness (QED) is 0.361. The van der Waals surface area contributed by atoms with Crippen molar-refractivity contribution in [3.63, 3.8) is 0 Å². The second kappa shape index (κ2) is 12.6. The lowest BCUT2D eigenvalue weighted by Crippen LogP contribution is -2.22. The van der Waals surface area contributed by atoms with Crippen LogP contribution in [0.5, 0.6) is 5.75 Å². The molecule has 27 heavy (non-hydrogen) atoms. The molecule has 1 aliphatic rings. The number of carbonyl (C=O) groups is 1. The molecule has 1 aromatic rings. The van der Waals surface area contributed by atoms with Crippen LogP contribution < -0.4 is 10.1 Å². The molecule has 0 aliphatic heterocycles. The van der Waals surface area contributed by atoms with Crippen LogP contribution in [0, 0.1) is 5.92 Å². The highest BCUT2D eigenvalue weighted by Crippen LogP contribution is 2.38. The predicted octanol–water partition coefficient (Wildman–Crippen LogP) is 6.00. The first-order chi connectivity index (χ1) is 13.2. The van der Waals surface area contributed by atoms with Crippen molar-refractivity contribution in [2.24, 2.45) is 5.92 Å². The van der Waals surface area contributed by atoms with Crippen molar-refractivity contribution in [1.29, 1.82) is 0 Å². The van der Waals surface area contributed by atoms with Crippen LogP contribution in [0.15, 0.2) is 36.9 Å². The van der Waals surface area contributed by atoms with Gasteiger partial charge < -0.3 is 10.1 Å². The lowest BCUT2D eigenvalue weighted by atomic mass is 9.77. The average Bonchev–Trinajstić information content (AvgIpc) is 2.71. The molecule has 0 heterocycles. The molecule has 1 aromatic carbocycles. The fraction of sp³-hybridized carbons (Fsp3) is 0.625. The largest absolute Gasteiger partial charge is 0.494 e. The Labute approximate surface area is 165 Å². The Balaban J connectivity index is 1.62. The van der Waals surface area contributed by atoms with E-state index in [2.05, 4.69) is 43.1 Å². The van der Waals surface area contributed by atoms with Gasteiger partial charge in [-0.1, -0.05) is 51.3 Å². The van der Waals surface area contributed by atoms with Gasteiger partial charge in [0.25, 0.3) is 0 Å². The molecule has 0 atom stereocenters. The number of hydrogen-bond donors (Lipinski definition) is 1. The molecule has 0 spiro atoms. The summed E-state index contributed by atoms with van der Waals surface area (Å²) in [5.74, 6) is 2.53. The van der Waals surface area contributed by atoms with E-state index in [1.54, 1.807) is 0 Å². The molecule has 1 amide bonds. The molecule has 1 aliphatic carbocycles. The zero-order valence-corrected chi connectivity index (χ0v) is 17.1. The van der Waals surface area contributed by atoms with Crippen molar-refractivity contribution in [3.8, 4) is 5.75 Å². The van der Waals surface area contributed by atoms with Crippen LogP contribution in [-0.4, -0.2) is 19.1 Å². The van der Waals surface area contributed by atoms with Crippen molar-refractivity contribution in [3.05, 3.63) is 42.5 Å². The van der Waals surface area contributed by atoms with Gasteiger partial charge in [-0.05, 0) is 74.1 Å². The molecule has 150 valence electrons. The summed E-state index contributed by atoms with van der Waals surface area (Å²) in [6.45, 7) is 7.09. The molecule has 0 unspecified atom stereocenters. The van der Waals surface area contributed by atoms with Gasteiger partial charge in [0.05, 0.1) is 6.61 Å². The predicted molar refractivity (Wildman–Crippen MR) is 113 cm³/mol. The van der Waals surface area contributed by atoms with E-state index < -0.39 is 0 Å². The first-order valence-electron chi connectivity index (χ1n) is 10.9. The second-order valence-corrected chi connectivity index (χ2v) is 7.83. The molecule has 1 saturated carbocycles. The Hall–Kier alpha value is -1.77. The third kappa shape index (κ3) is 8.19. The Morgan fingerprint density at radius 1 is 1.11 bits per heavy atom. The molecular formula is C24H37NO2. The fourth-order valence-electron chi connectivity index (χ4n) is 4.00. The first kappa shape index (κ1) is 21.5. The lowest BCUT2D eigenvalue weighted by Gasteiger charge is -2.29. The second-order valence-electron chi connectivity index (χ2n) is 7.83. The molecule has 0 aromatic heterocycles. The van der Waals surface area contributed by atoms with Crippen LogP contribution in [0.3, 0.4) is 0 Å². The molecule has 0 radical (unpaired) electrons. The van der Waals surface area contributed by atoms with E-state index >= 15 is 0 Å². The molecule has 1 N–H and O–H groups in total. The monoisotopic (exact) mass is 371 g/mol. The molecule has 2 rings (SSSR count). The summed E-state index contributed by atoms with van der Waals surface area (Å²) in [4.78, 5) is 11.0. The van der Waals surface area contributed by atoms with Crippen LogP contribution in [-0.2, 0) is 4.79 Å². The zero-order valence-electron chi connectivity index (χ0n) is 17.1. The van der Waals surface area contributed by atoms with Crippen molar-refractivity contribution >= 4 is 5.91 Å². The van der Waals surface area contributed by atoms with Crippen molar-refractivity contribution in [2.75, 3.05) is 13.2 Å². The molecule has 3 heteroatoms. The van der Waals surface area contributed by atoms with Gasteiger partial charge >= 0.3 is 0 Å². The van der Waals surface area contributed by atoms with Crippen LogP contribution in [0.2, 0.25) is 0 Å². The van der Waals surface area contributed by atoms with Crippen molar-refractivity contribution < 1.29 is 9.53 Å². The molecule has 0 saturated heterocycles. The number of ether oxygens (including phenoxy) is 1. The average molecular weight is 372 g/mol. The van der Waals surface area contributed by atoms with Gasteiger partial charge in [0.2, 0.25) is 5.91 Å². The SMILES string of the molecule is C=CC(=O)NCCCCOc1ccc(C2CCC(CCCCC)CC2)cc1. The van der Waals surface area contributed by atoms with Crippen LogP contribution in [0.25, 0.3) is 0 Å². The summed E-state index contributed by atoms with van der Waals surface area (Å²) in [5.41, 5.74) is 1.47. The summed E-state index contributed by atoms with van der Waals surface area (Å²) >= 11 is 0. The zero-order chi connectivity index (χ0) is 19.3. The van der Waals surface area contributed by atoms with E-state index in [1.807, 2.05) is 0 Å². The van der Waals surface area contributed by atoms with E-state index in [4.69, 9.17) is 4.74 Å². The summed E-state index contributed by atoms with van der Waals surface area (Å²) in [5, 5.41) is 2.78. The van der Waals surface area contributed by atoms with Crippen LogP contribution in [0.1, 0.15) is 82.6 Å². The minimum atomic E-state index is -0.110. The maximum absolute atomic E-state index is 11.0. The van der Waals surface area contributed by atoms with Gasteiger partial charge in [-0.25, -0.2) is 0 Å². The standard InChI is InChI=1S/C24H37NO2/c1-3-5-6-9-20-10-12-21(13-11-20)22-14-16-23(17-15-22)27-19-8-7-18-25-24(26)4-2/h4,14-17,20-21H,2-3,5-13,18-19H2,1H3,(H,25,26). The number of unbranched alkanes of at least 4 members (excludes halogenated alkanes) is 3. The van der Waals surface area contributed by atoms with Gasteiger partial charge in [-0.3, -0.25) is 4.79 Å². The normalized spacial score (nSPS) is 19.4. The number of benzene rings is 1. The summed E-state index contributed by atoms with van der Waals surface area (Å²) in [6, 6.07) is 8.73. The van der Waals surface area contributed by atoms with Crippen molar-refractivity contribution in [2.45, 2.75) is 77.0 Å². The first-order valence-corrected chi connectivity index (χ1v) is 10.9. The summed E-state index contributed by atoms with van der Waals surface area (Å²) in [6.07, 6.45) is 14.2. The number of nitrogens with one attached hydrogen (secondary N) is 1. The fourth-order valence-corrected chi connectivity index (χ4v) is 4.00. The van der Waals surface area contributed by atoms with Gasteiger partial charge in [-0.2, -0.15) is 0 Å². The number of rotatable bonds is 12. The highest BCUT2D eigenvalue weighted by Gasteiger charge is 2.21. The maximum atomic E-state index is 11.0. The molecule has 0 bridgehead atoms. The molecule has 1 fully saturated rings. The Bertz CT molecular complexity index is 544. The smallest absolute Gasteiger partial charge is 0.243 e. The minimum absolute atomic E-state index is 0.110. The highest BCUT2D eigenvalue weighted by atomic mass is 16.5. The summed E-state index contributed by atoms with van der Waals surface area (Å²) < 4.78 is 5.82. The third-order valence-electron chi connectivity index (χ3n) is 5.74. The van der Waals surface area contributed by atoms with E-state index in [0.717, 1.165) is 30.4 Å². The van der Waals surface area contributed by atoms with Gasteiger partial charge in [-0.15, -0.1) is 0 Å². The van der Waals surface area contributed by atoms with Crippen LogP contribution >= 0.6 is 0 Å². The maximum Gasteiger partial charge on any atom is 0.243 e. The third-order valence-corrected chi connectivity index (χ3v) is 5.74. The highest BCUT2D eigenvalue weighted by molar-refractivity contribution is 5.86. The van der Waals surface area contributed by atoms with Crippen molar-refractivity contribution in [1.82, 2.24) is 5.32 Å². The molecule has 3 nitrogen and oxygen atoms in total.